The molecule has 2 aliphatic rings. The third kappa shape index (κ3) is 4.34. The molecule has 0 radical (unpaired) electrons. The molecule has 7 heteroatoms. The summed E-state index contributed by atoms with van der Waals surface area (Å²) in [5, 5.41) is 8.23. The van der Waals surface area contributed by atoms with Crippen LogP contribution in [0.1, 0.15) is 32.9 Å². The SMILES string of the molecule is Cl.O=C(Nc1ccccc1C(=O)N1CC[C@@H]2CNC[C@@H]2CC1)c1cccs1. The maximum atomic E-state index is 13.1. The highest BCUT2D eigenvalue weighted by Crippen LogP contribution is 2.28. The first-order valence-electron chi connectivity index (χ1n) is 9.16. The van der Waals surface area contributed by atoms with E-state index >= 15 is 0 Å². The number of nitrogens with zero attached hydrogens (tertiary/aromatic N) is 1. The molecule has 3 heterocycles. The van der Waals surface area contributed by atoms with Crippen LogP contribution in [0.2, 0.25) is 0 Å². The maximum absolute atomic E-state index is 13.1. The Labute approximate surface area is 169 Å². The summed E-state index contributed by atoms with van der Waals surface area (Å²) in [4.78, 5) is 28.1. The number of para-hydroxylation sites is 1. The highest BCUT2D eigenvalue weighted by molar-refractivity contribution is 7.12. The lowest BCUT2D eigenvalue weighted by molar-refractivity contribution is 0.0759. The Balaban J connectivity index is 0.00000210. The van der Waals surface area contributed by atoms with Crippen LogP contribution in [-0.2, 0) is 0 Å². The topological polar surface area (TPSA) is 61.4 Å². The summed E-state index contributed by atoms with van der Waals surface area (Å²) < 4.78 is 0. The van der Waals surface area contributed by atoms with Gasteiger partial charge in [-0.1, -0.05) is 18.2 Å². The molecule has 1 aromatic heterocycles. The van der Waals surface area contributed by atoms with Gasteiger partial charge >= 0.3 is 0 Å². The van der Waals surface area contributed by atoms with Crippen LogP contribution in [0.3, 0.4) is 0 Å². The Morgan fingerprint density at radius 2 is 1.74 bits per heavy atom. The molecule has 0 saturated carbocycles. The van der Waals surface area contributed by atoms with Crippen molar-refractivity contribution >= 4 is 41.2 Å². The molecule has 4 rings (SSSR count). The van der Waals surface area contributed by atoms with Gasteiger partial charge in [-0.2, -0.15) is 0 Å². The summed E-state index contributed by atoms with van der Waals surface area (Å²) >= 11 is 1.39. The van der Waals surface area contributed by atoms with Crippen molar-refractivity contribution in [1.82, 2.24) is 10.2 Å². The molecule has 0 spiro atoms. The second-order valence-electron chi connectivity index (χ2n) is 7.02. The minimum absolute atomic E-state index is 0. The van der Waals surface area contributed by atoms with E-state index in [1.807, 2.05) is 28.5 Å². The van der Waals surface area contributed by atoms with Crippen molar-refractivity contribution in [3.63, 3.8) is 0 Å². The van der Waals surface area contributed by atoms with Crippen LogP contribution in [0, 0.1) is 11.8 Å². The van der Waals surface area contributed by atoms with Gasteiger partial charge in [0.15, 0.2) is 0 Å². The number of likely N-dealkylation sites (tertiary alicyclic amines) is 1. The Morgan fingerprint density at radius 1 is 1.04 bits per heavy atom. The van der Waals surface area contributed by atoms with Crippen molar-refractivity contribution in [2.24, 2.45) is 11.8 Å². The van der Waals surface area contributed by atoms with Gasteiger partial charge in [-0.15, -0.1) is 23.7 Å². The molecular weight excluding hydrogens is 382 g/mol. The lowest BCUT2D eigenvalue weighted by Crippen LogP contribution is -2.33. The van der Waals surface area contributed by atoms with Crippen molar-refractivity contribution in [2.75, 3.05) is 31.5 Å². The van der Waals surface area contributed by atoms with Gasteiger partial charge in [0.2, 0.25) is 0 Å². The van der Waals surface area contributed by atoms with E-state index in [0.717, 1.165) is 39.0 Å². The molecular formula is C20H24ClN3O2S. The first-order valence-corrected chi connectivity index (χ1v) is 10.0. The number of hydrogen-bond acceptors (Lipinski definition) is 4. The van der Waals surface area contributed by atoms with Gasteiger partial charge in [0.25, 0.3) is 11.8 Å². The Kier molecular flexibility index (Phi) is 6.52. The van der Waals surface area contributed by atoms with Crippen LogP contribution in [0.15, 0.2) is 41.8 Å². The zero-order chi connectivity index (χ0) is 17.9. The fourth-order valence-corrected chi connectivity index (χ4v) is 4.58. The third-order valence-corrected chi connectivity index (χ3v) is 6.33. The second-order valence-corrected chi connectivity index (χ2v) is 7.97. The van der Waals surface area contributed by atoms with E-state index in [9.17, 15) is 9.59 Å². The molecule has 1 aromatic carbocycles. The number of hydrogen-bond donors (Lipinski definition) is 2. The average Bonchev–Trinajstić information content (AvgIpc) is 3.31. The van der Waals surface area contributed by atoms with Crippen LogP contribution in [0.25, 0.3) is 0 Å². The number of fused-ring (bicyclic) bond motifs is 1. The van der Waals surface area contributed by atoms with E-state index < -0.39 is 0 Å². The highest BCUT2D eigenvalue weighted by atomic mass is 35.5. The molecule has 2 saturated heterocycles. The number of carbonyl (C=O) groups is 2. The van der Waals surface area contributed by atoms with E-state index in [0.29, 0.717) is 28.0 Å². The zero-order valence-electron chi connectivity index (χ0n) is 15.0. The predicted molar refractivity (Wildman–Crippen MR) is 111 cm³/mol. The lowest BCUT2D eigenvalue weighted by Gasteiger charge is -2.22. The third-order valence-electron chi connectivity index (χ3n) is 5.46. The number of benzene rings is 1. The van der Waals surface area contributed by atoms with Crippen LogP contribution in [0.4, 0.5) is 5.69 Å². The minimum Gasteiger partial charge on any atom is -0.339 e. The van der Waals surface area contributed by atoms with Gasteiger partial charge in [0.05, 0.1) is 16.1 Å². The van der Waals surface area contributed by atoms with Crippen LogP contribution >= 0.6 is 23.7 Å². The van der Waals surface area contributed by atoms with Crippen molar-refractivity contribution in [2.45, 2.75) is 12.8 Å². The van der Waals surface area contributed by atoms with E-state index in [1.54, 1.807) is 18.2 Å². The number of anilines is 1. The zero-order valence-corrected chi connectivity index (χ0v) is 16.7. The highest BCUT2D eigenvalue weighted by Gasteiger charge is 2.32. The number of nitrogens with one attached hydrogen (secondary N) is 2. The number of carbonyl (C=O) groups excluding carboxylic acids is 2. The van der Waals surface area contributed by atoms with Gasteiger partial charge in [-0.3, -0.25) is 9.59 Å². The normalized spacial score (nSPS) is 21.7. The summed E-state index contributed by atoms with van der Waals surface area (Å²) in [6.07, 6.45) is 2.10. The summed E-state index contributed by atoms with van der Waals surface area (Å²) in [5.41, 5.74) is 1.16. The monoisotopic (exact) mass is 405 g/mol. The molecule has 0 bridgehead atoms. The van der Waals surface area contributed by atoms with Crippen molar-refractivity contribution in [3.05, 3.63) is 52.2 Å². The summed E-state index contributed by atoms with van der Waals surface area (Å²) in [7, 11) is 0. The van der Waals surface area contributed by atoms with Gasteiger partial charge in [0, 0.05) is 13.1 Å². The largest absolute Gasteiger partial charge is 0.339 e. The number of amides is 2. The van der Waals surface area contributed by atoms with E-state index in [1.165, 1.54) is 11.3 Å². The minimum atomic E-state index is -0.170. The van der Waals surface area contributed by atoms with Crippen molar-refractivity contribution in [3.8, 4) is 0 Å². The Bertz CT molecular complexity index is 782. The molecule has 2 N–H and O–H groups in total. The molecule has 2 amide bonds. The average molecular weight is 406 g/mol. The standard InChI is InChI=1S/C20H23N3O2S.ClH/c24-19(18-6-3-11-26-18)22-17-5-2-1-4-16(17)20(25)23-9-7-14-12-21-13-15(14)8-10-23;/h1-6,11,14-15,21H,7-10,12-13H2,(H,22,24);1H/t14-,15+;. The Morgan fingerprint density at radius 3 is 2.41 bits per heavy atom. The molecule has 27 heavy (non-hydrogen) atoms. The van der Waals surface area contributed by atoms with Gasteiger partial charge in [0.1, 0.15) is 0 Å². The molecule has 144 valence electrons. The predicted octanol–water partition coefficient (Wildman–Crippen LogP) is 3.49. The number of rotatable bonds is 3. The fourth-order valence-electron chi connectivity index (χ4n) is 3.96. The van der Waals surface area contributed by atoms with E-state index in [2.05, 4.69) is 10.6 Å². The lowest BCUT2D eigenvalue weighted by atomic mass is 9.92. The van der Waals surface area contributed by atoms with Gasteiger partial charge in [-0.25, -0.2) is 0 Å². The summed E-state index contributed by atoms with van der Waals surface area (Å²) in [6, 6.07) is 10.9. The molecule has 5 nitrogen and oxygen atoms in total. The van der Waals surface area contributed by atoms with Crippen LogP contribution < -0.4 is 10.6 Å². The fraction of sp³-hybridized carbons (Fsp3) is 0.400. The molecule has 2 aliphatic heterocycles. The van der Waals surface area contributed by atoms with Crippen LogP contribution in [-0.4, -0.2) is 42.9 Å². The maximum Gasteiger partial charge on any atom is 0.265 e. The Hall–Kier alpha value is -1.89. The molecule has 0 aliphatic carbocycles. The van der Waals surface area contributed by atoms with Crippen molar-refractivity contribution in [1.29, 1.82) is 0 Å². The second kappa shape index (κ2) is 8.87. The van der Waals surface area contributed by atoms with Crippen molar-refractivity contribution < 1.29 is 9.59 Å². The molecule has 2 fully saturated rings. The smallest absolute Gasteiger partial charge is 0.265 e. The van der Waals surface area contributed by atoms with E-state index in [-0.39, 0.29) is 24.2 Å². The van der Waals surface area contributed by atoms with Crippen LogP contribution in [0.5, 0.6) is 0 Å². The number of thiophene rings is 1. The first kappa shape index (κ1) is 19.9. The molecule has 2 aromatic rings. The van der Waals surface area contributed by atoms with Gasteiger partial charge in [-0.05, 0) is 61.3 Å². The summed E-state index contributed by atoms with van der Waals surface area (Å²) in [5.74, 6) is 1.21. The summed E-state index contributed by atoms with van der Waals surface area (Å²) in [6.45, 7) is 3.71. The first-order chi connectivity index (χ1) is 12.7. The van der Waals surface area contributed by atoms with Gasteiger partial charge < -0.3 is 15.5 Å². The molecule has 2 atom stereocenters. The quantitative estimate of drug-likeness (QED) is 0.821. The molecule has 0 unspecified atom stereocenters. The van der Waals surface area contributed by atoms with E-state index in [4.69, 9.17) is 0 Å². The number of halogens is 1.